The Morgan fingerprint density at radius 1 is 1.21 bits per heavy atom. The Morgan fingerprint density at radius 2 is 1.92 bits per heavy atom. The van der Waals surface area contributed by atoms with Crippen molar-refractivity contribution in [2.24, 2.45) is 0 Å². The third-order valence-electron chi connectivity index (χ3n) is 3.51. The van der Waals surface area contributed by atoms with E-state index in [1.54, 1.807) is 6.20 Å². The van der Waals surface area contributed by atoms with Gasteiger partial charge in [0.15, 0.2) is 0 Å². The number of anilines is 1. The summed E-state index contributed by atoms with van der Waals surface area (Å²) in [6.07, 6.45) is 6.86. The molecule has 1 aromatic carbocycles. The van der Waals surface area contributed by atoms with Gasteiger partial charge in [-0.15, -0.1) is 0 Å². The highest BCUT2D eigenvalue weighted by Crippen LogP contribution is 2.27. The molecule has 3 nitrogen and oxygen atoms in total. The lowest BCUT2D eigenvalue weighted by Crippen LogP contribution is -2.35. The normalized spacial score (nSPS) is 12.1. The number of benzene rings is 1. The smallest absolute Gasteiger partial charge is 0.258 e. The number of nitrogens with zero attached hydrogens (tertiary/aromatic N) is 2. The molecule has 1 aliphatic heterocycles. The van der Waals surface area contributed by atoms with Crippen LogP contribution in [0.4, 0.5) is 5.69 Å². The highest BCUT2D eigenvalue weighted by molar-refractivity contribution is 6.06. The van der Waals surface area contributed by atoms with Gasteiger partial charge in [-0.1, -0.05) is 51.8 Å². The molecular weight excluding hydrogens is 296 g/mol. The van der Waals surface area contributed by atoms with Crippen molar-refractivity contribution in [3.05, 3.63) is 59.4 Å². The third-order valence-corrected chi connectivity index (χ3v) is 3.51. The lowest BCUT2D eigenvalue weighted by molar-refractivity contribution is 0.0985. The first kappa shape index (κ1) is 19.9. The number of pyridine rings is 1. The van der Waals surface area contributed by atoms with E-state index in [4.69, 9.17) is 0 Å². The topological polar surface area (TPSA) is 33.2 Å². The second kappa shape index (κ2) is 10.6. The van der Waals surface area contributed by atoms with Crippen molar-refractivity contribution in [1.82, 2.24) is 4.98 Å². The van der Waals surface area contributed by atoms with E-state index < -0.39 is 0 Å². The molecule has 3 rings (SSSR count). The van der Waals surface area contributed by atoms with Gasteiger partial charge in [-0.2, -0.15) is 0 Å². The van der Waals surface area contributed by atoms with Gasteiger partial charge in [0.25, 0.3) is 5.91 Å². The minimum Gasteiger partial charge on any atom is -0.308 e. The molecule has 1 amide bonds. The van der Waals surface area contributed by atoms with Gasteiger partial charge in [-0.05, 0) is 43.5 Å². The van der Waals surface area contributed by atoms with E-state index in [9.17, 15) is 4.79 Å². The monoisotopic (exact) mass is 326 g/mol. The van der Waals surface area contributed by atoms with Crippen LogP contribution in [-0.2, 0) is 6.42 Å². The molecule has 0 bridgehead atoms. The van der Waals surface area contributed by atoms with Crippen LogP contribution in [0.1, 0.15) is 62.0 Å². The van der Waals surface area contributed by atoms with Gasteiger partial charge in [-0.25, -0.2) is 0 Å². The Hall–Kier alpha value is -2.16. The van der Waals surface area contributed by atoms with Gasteiger partial charge < -0.3 is 4.90 Å². The number of aryl methyl sites for hydroxylation is 2. The van der Waals surface area contributed by atoms with Crippen molar-refractivity contribution in [3.8, 4) is 0 Å². The van der Waals surface area contributed by atoms with Crippen LogP contribution < -0.4 is 4.90 Å². The largest absolute Gasteiger partial charge is 0.308 e. The molecule has 0 radical (unpaired) electrons. The molecule has 0 unspecified atom stereocenters. The van der Waals surface area contributed by atoms with Gasteiger partial charge in [0, 0.05) is 24.5 Å². The Kier molecular flexibility index (Phi) is 8.77. The predicted octanol–water partition coefficient (Wildman–Crippen LogP) is 5.43. The molecule has 0 saturated carbocycles. The number of carbonyl (C=O) groups is 1. The first-order valence-electron chi connectivity index (χ1n) is 8.98. The van der Waals surface area contributed by atoms with E-state index in [1.807, 2.05) is 62.2 Å². The lowest BCUT2D eigenvalue weighted by Gasteiger charge is -2.29. The quantitative estimate of drug-likeness (QED) is 0.700. The van der Waals surface area contributed by atoms with Gasteiger partial charge in [-0.3, -0.25) is 9.78 Å². The van der Waals surface area contributed by atoms with Crippen LogP contribution in [0.2, 0.25) is 0 Å². The molecule has 2 aromatic rings. The summed E-state index contributed by atoms with van der Waals surface area (Å²) in [5.41, 5.74) is 4.03. The Morgan fingerprint density at radius 3 is 2.58 bits per heavy atom. The fourth-order valence-electron chi connectivity index (χ4n) is 2.57. The Bertz CT molecular complexity index is 637. The minimum absolute atomic E-state index is 0.0795. The molecule has 0 atom stereocenters. The maximum atomic E-state index is 12.6. The summed E-state index contributed by atoms with van der Waals surface area (Å²) >= 11 is 0. The summed E-state index contributed by atoms with van der Waals surface area (Å²) in [5.74, 6) is 0.0795. The summed E-state index contributed by atoms with van der Waals surface area (Å²) in [5, 5.41) is 0. The molecule has 1 aliphatic rings. The molecule has 130 valence electrons. The molecule has 0 N–H and O–H groups in total. The van der Waals surface area contributed by atoms with Crippen molar-refractivity contribution < 1.29 is 4.79 Å². The average Bonchev–Trinajstić information content (AvgIpc) is 2.63. The van der Waals surface area contributed by atoms with E-state index >= 15 is 0 Å². The molecule has 2 heterocycles. The average molecular weight is 326 g/mol. The second-order valence-corrected chi connectivity index (χ2v) is 5.64. The van der Waals surface area contributed by atoms with E-state index in [-0.39, 0.29) is 5.91 Å². The predicted molar refractivity (Wildman–Crippen MR) is 103 cm³/mol. The first-order valence-corrected chi connectivity index (χ1v) is 8.98. The second-order valence-electron chi connectivity index (χ2n) is 5.64. The van der Waals surface area contributed by atoms with Crippen LogP contribution in [0, 0.1) is 6.92 Å². The lowest BCUT2D eigenvalue weighted by atomic mass is 10.0. The number of amides is 1. The zero-order valence-corrected chi connectivity index (χ0v) is 15.7. The maximum Gasteiger partial charge on any atom is 0.258 e. The van der Waals surface area contributed by atoms with Crippen LogP contribution in [0.5, 0.6) is 0 Å². The summed E-state index contributed by atoms with van der Waals surface area (Å²) in [4.78, 5) is 18.6. The third kappa shape index (κ3) is 5.19. The summed E-state index contributed by atoms with van der Waals surface area (Å²) in [6.45, 7) is 11.0. The van der Waals surface area contributed by atoms with Crippen molar-refractivity contribution in [2.45, 2.75) is 53.9 Å². The van der Waals surface area contributed by atoms with Crippen LogP contribution in [0.25, 0.3) is 0 Å². The highest BCUT2D eigenvalue weighted by Gasteiger charge is 2.23. The molecule has 24 heavy (non-hydrogen) atoms. The van der Waals surface area contributed by atoms with Crippen molar-refractivity contribution in [2.75, 3.05) is 11.4 Å². The zero-order valence-electron chi connectivity index (χ0n) is 15.7. The van der Waals surface area contributed by atoms with E-state index in [1.165, 1.54) is 6.42 Å². The fraction of sp³-hybridized carbons (Fsp3) is 0.429. The summed E-state index contributed by atoms with van der Waals surface area (Å²) < 4.78 is 0. The van der Waals surface area contributed by atoms with E-state index in [2.05, 4.69) is 18.8 Å². The van der Waals surface area contributed by atoms with Crippen molar-refractivity contribution >= 4 is 11.6 Å². The molecule has 0 aliphatic carbocycles. The van der Waals surface area contributed by atoms with Crippen LogP contribution in [0.3, 0.4) is 0 Å². The zero-order chi connectivity index (χ0) is 17.9. The van der Waals surface area contributed by atoms with Crippen molar-refractivity contribution in [1.29, 1.82) is 0 Å². The van der Waals surface area contributed by atoms with Gasteiger partial charge in [0.2, 0.25) is 0 Å². The summed E-state index contributed by atoms with van der Waals surface area (Å²) in [6, 6.07) is 9.69. The number of hydrogen-bond donors (Lipinski definition) is 0. The van der Waals surface area contributed by atoms with E-state index in [0.717, 1.165) is 41.8 Å². The molecule has 0 spiro atoms. The Balaban J connectivity index is 0.000000521. The molecule has 3 heteroatoms. The fourth-order valence-corrected chi connectivity index (χ4v) is 2.57. The maximum absolute atomic E-state index is 12.6. The van der Waals surface area contributed by atoms with Crippen LogP contribution in [-0.4, -0.2) is 17.4 Å². The molecule has 0 fully saturated rings. The number of carbonyl (C=O) groups excluding carboxylic acids is 1. The standard InChI is InChI=1S/C16H16N2O.C3H8.C2H6/c1-12-4-2-5-13(10-12)16(19)18-9-3-6-14-11-17-8-7-15(14)18;1-3-2;1-2/h2,4-5,7-8,10-11H,3,6,9H2,1H3;3H2,1-2H3;1-2H3. The van der Waals surface area contributed by atoms with Gasteiger partial charge in [0.05, 0.1) is 5.69 Å². The SMILES string of the molecule is CC.CCC.Cc1cccc(C(=O)N2CCCc3cnccc32)c1. The molecular formula is C21H30N2O. The number of aromatic nitrogens is 1. The van der Waals surface area contributed by atoms with E-state index in [0.29, 0.717) is 0 Å². The summed E-state index contributed by atoms with van der Waals surface area (Å²) in [7, 11) is 0. The van der Waals surface area contributed by atoms with Gasteiger partial charge in [0.1, 0.15) is 0 Å². The van der Waals surface area contributed by atoms with Gasteiger partial charge >= 0.3 is 0 Å². The first-order chi connectivity index (χ1) is 11.7. The molecule has 0 saturated heterocycles. The van der Waals surface area contributed by atoms with Crippen LogP contribution >= 0.6 is 0 Å². The number of hydrogen-bond acceptors (Lipinski definition) is 2. The minimum atomic E-state index is 0.0795. The molecule has 1 aromatic heterocycles. The number of fused-ring (bicyclic) bond motifs is 1. The van der Waals surface area contributed by atoms with Crippen molar-refractivity contribution in [3.63, 3.8) is 0 Å². The highest BCUT2D eigenvalue weighted by atomic mass is 16.2. The van der Waals surface area contributed by atoms with Crippen LogP contribution in [0.15, 0.2) is 42.7 Å². The Labute approximate surface area is 146 Å². The number of rotatable bonds is 1.